The van der Waals surface area contributed by atoms with Crippen molar-refractivity contribution in [3.63, 3.8) is 0 Å². The molecule has 2 amide bonds. The molecule has 0 aliphatic heterocycles. The minimum atomic E-state index is -0.320. The van der Waals surface area contributed by atoms with Gasteiger partial charge in [-0.2, -0.15) is 0 Å². The Balaban J connectivity index is 1.62. The summed E-state index contributed by atoms with van der Waals surface area (Å²) in [4.78, 5) is 24.9. The lowest BCUT2D eigenvalue weighted by molar-refractivity contribution is 0.0926. The van der Waals surface area contributed by atoms with Gasteiger partial charge in [-0.3, -0.25) is 14.9 Å². The van der Waals surface area contributed by atoms with Gasteiger partial charge in [0, 0.05) is 21.8 Å². The number of thiocarbonyl (C=S) groups is 1. The maximum Gasteiger partial charge on any atom is 0.257 e. The molecule has 2 aromatic carbocycles. The van der Waals surface area contributed by atoms with E-state index in [1.165, 1.54) is 6.42 Å². The molecule has 5 nitrogen and oxygen atoms in total. The zero-order valence-electron chi connectivity index (χ0n) is 15.6. The number of amides is 2. The van der Waals surface area contributed by atoms with Gasteiger partial charge < -0.3 is 10.6 Å². The molecule has 2 aromatic rings. The topological polar surface area (TPSA) is 70.2 Å². The number of carbonyl (C=O) groups is 2. The van der Waals surface area contributed by atoms with Crippen LogP contribution in [0.5, 0.6) is 0 Å². The van der Waals surface area contributed by atoms with Crippen molar-refractivity contribution >= 4 is 62.4 Å². The van der Waals surface area contributed by atoms with E-state index in [-0.39, 0.29) is 23.0 Å². The van der Waals surface area contributed by atoms with Crippen LogP contribution in [0.2, 0.25) is 5.02 Å². The van der Waals surface area contributed by atoms with Crippen molar-refractivity contribution in [1.29, 1.82) is 0 Å². The maximum absolute atomic E-state index is 12.6. The van der Waals surface area contributed by atoms with E-state index in [1.807, 2.05) is 0 Å². The lowest BCUT2D eigenvalue weighted by Crippen LogP contribution is -2.36. The van der Waals surface area contributed by atoms with Crippen LogP contribution in [0.4, 0.5) is 5.69 Å². The molecule has 29 heavy (non-hydrogen) atoms. The number of carbonyl (C=O) groups excluding carboxylic acids is 2. The molecular formula is C21H21BrClN3O2S. The van der Waals surface area contributed by atoms with Crippen LogP contribution >= 0.6 is 39.7 Å². The number of nitrogens with one attached hydrogen (secondary N) is 3. The van der Waals surface area contributed by atoms with E-state index < -0.39 is 0 Å². The lowest BCUT2D eigenvalue weighted by atomic mass is 9.95. The Morgan fingerprint density at radius 3 is 2.38 bits per heavy atom. The van der Waals surface area contributed by atoms with Crippen molar-refractivity contribution in [2.24, 2.45) is 0 Å². The molecule has 3 rings (SSSR count). The molecule has 0 saturated heterocycles. The van der Waals surface area contributed by atoms with E-state index in [9.17, 15) is 9.59 Å². The van der Waals surface area contributed by atoms with Crippen LogP contribution < -0.4 is 16.0 Å². The molecule has 0 aromatic heterocycles. The monoisotopic (exact) mass is 493 g/mol. The highest BCUT2D eigenvalue weighted by Gasteiger charge is 2.19. The number of rotatable bonds is 4. The summed E-state index contributed by atoms with van der Waals surface area (Å²) in [5, 5.41) is 9.12. The Morgan fingerprint density at radius 1 is 1.00 bits per heavy atom. The van der Waals surface area contributed by atoms with E-state index in [0.717, 1.165) is 30.2 Å². The quantitative estimate of drug-likeness (QED) is 0.505. The maximum atomic E-state index is 12.6. The predicted octanol–water partition coefficient (Wildman–Crippen LogP) is 5.29. The van der Waals surface area contributed by atoms with Gasteiger partial charge in [0.05, 0.1) is 10.6 Å². The molecule has 0 heterocycles. The lowest BCUT2D eigenvalue weighted by Gasteiger charge is -2.23. The third-order valence-electron chi connectivity index (χ3n) is 4.74. The summed E-state index contributed by atoms with van der Waals surface area (Å²) in [6.07, 6.45) is 5.47. The van der Waals surface area contributed by atoms with Crippen LogP contribution in [0.3, 0.4) is 0 Å². The zero-order valence-corrected chi connectivity index (χ0v) is 18.8. The fourth-order valence-electron chi connectivity index (χ4n) is 3.23. The molecule has 152 valence electrons. The van der Waals surface area contributed by atoms with Crippen molar-refractivity contribution in [2.45, 2.75) is 38.1 Å². The summed E-state index contributed by atoms with van der Waals surface area (Å²) >= 11 is 14.8. The number of hydrogen-bond acceptors (Lipinski definition) is 3. The van der Waals surface area contributed by atoms with Crippen molar-refractivity contribution in [3.05, 3.63) is 63.1 Å². The summed E-state index contributed by atoms with van der Waals surface area (Å²) in [7, 11) is 0. The highest BCUT2D eigenvalue weighted by Crippen LogP contribution is 2.23. The highest BCUT2D eigenvalue weighted by molar-refractivity contribution is 9.10. The minimum Gasteiger partial charge on any atom is -0.349 e. The Hall–Kier alpha value is -1.96. The van der Waals surface area contributed by atoms with Crippen molar-refractivity contribution in [3.8, 4) is 0 Å². The van der Waals surface area contributed by atoms with Gasteiger partial charge in [0.25, 0.3) is 11.8 Å². The van der Waals surface area contributed by atoms with Gasteiger partial charge in [-0.25, -0.2) is 0 Å². The summed E-state index contributed by atoms with van der Waals surface area (Å²) in [5.74, 6) is -0.519. The van der Waals surface area contributed by atoms with Crippen LogP contribution in [0.1, 0.15) is 52.8 Å². The van der Waals surface area contributed by atoms with Gasteiger partial charge in [0.1, 0.15) is 0 Å². The molecule has 0 atom stereocenters. The summed E-state index contributed by atoms with van der Waals surface area (Å²) in [6, 6.07) is 12.1. The number of anilines is 1. The smallest absolute Gasteiger partial charge is 0.257 e. The second-order valence-electron chi connectivity index (χ2n) is 6.92. The first-order valence-electron chi connectivity index (χ1n) is 9.40. The first-order valence-corrected chi connectivity index (χ1v) is 11.0. The fraction of sp³-hybridized carbons (Fsp3) is 0.286. The summed E-state index contributed by atoms with van der Waals surface area (Å²) in [5.41, 5.74) is 1.44. The van der Waals surface area contributed by atoms with Crippen LogP contribution in [-0.4, -0.2) is 23.0 Å². The van der Waals surface area contributed by atoms with Crippen molar-refractivity contribution < 1.29 is 9.59 Å². The average Bonchev–Trinajstić information content (AvgIpc) is 2.70. The average molecular weight is 495 g/mol. The van der Waals surface area contributed by atoms with E-state index in [4.69, 9.17) is 23.8 Å². The fourth-order valence-corrected chi connectivity index (χ4v) is 3.90. The van der Waals surface area contributed by atoms with Crippen molar-refractivity contribution in [1.82, 2.24) is 10.6 Å². The molecule has 0 spiro atoms. The molecule has 0 unspecified atom stereocenters. The highest BCUT2D eigenvalue weighted by atomic mass is 79.9. The third-order valence-corrected chi connectivity index (χ3v) is 5.81. The molecule has 3 N–H and O–H groups in total. The van der Waals surface area contributed by atoms with E-state index in [0.29, 0.717) is 21.8 Å². The minimum absolute atomic E-state index is 0.138. The largest absolute Gasteiger partial charge is 0.349 e. The first kappa shape index (κ1) is 21.7. The van der Waals surface area contributed by atoms with E-state index in [2.05, 4.69) is 31.9 Å². The van der Waals surface area contributed by atoms with Gasteiger partial charge in [0.15, 0.2) is 5.11 Å². The standard InChI is InChI=1S/C21H21BrClN3O2S/c22-14-8-6-13(7-9-14)19(27)26-21(29)25-16-10-11-18(23)17(12-16)20(28)24-15-4-2-1-3-5-15/h6-12,15H,1-5H2,(H,24,28)(H2,25,26,27,29). The van der Waals surface area contributed by atoms with Gasteiger partial charge in [-0.05, 0) is 67.5 Å². The second-order valence-corrected chi connectivity index (χ2v) is 8.65. The Labute approximate surface area is 188 Å². The van der Waals surface area contributed by atoms with Crippen LogP contribution in [0.15, 0.2) is 46.9 Å². The SMILES string of the molecule is O=C(NC(=S)Nc1ccc(Cl)c(C(=O)NC2CCCCC2)c1)c1ccc(Br)cc1. The third kappa shape index (κ3) is 6.26. The van der Waals surface area contributed by atoms with E-state index >= 15 is 0 Å². The number of hydrogen-bond donors (Lipinski definition) is 3. The molecule has 1 aliphatic rings. The normalized spacial score (nSPS) is 14.1. The number of benzene rings is 2. The van der Waals surface area contributed by atoms with Gasteiger partial charge >= 0.3 is 0 Å². The summed E-state index contributed by atoms with van der Waals surface area (Å²) in [6.45, 7) is 0. The van der Waals surface area contributed by atoms with Crippen molar-refractivity contribution in [2.75, 3.05) is 5.32 Å². The predicted molar refractivity (Wildman–Crippen MR) is 124 cm³/mol. The Morgan fingerprint density at radius 2 is 1.69 bits per heavy atom. The van der Waals surface area contributed by atoms with Gasteiger partial charge in [-0.1, -0.05) is 46.8 Å². The molecule has 0 radical (unpaired) electrons. The first-order chi connectivity index (χ1) is 13.9. The second kappa shape index (κ2) is 10.2. The zero-order chi connectivity index (χ0) is 20.8. The molecule has 1 saturated carbocycles. The Kier molecular flexibility index (Phi) is 7.64. The summed E-state index contributed by atoms with van der Waals surface area (Å²) < 4.78 is 0.884. The molecule has 1 aliphatic carbocycles. The number of halogens is 2. The van der Waals surface area contributed by atoms with Crippen LogP contribution in [0.25, 0.3) is 0 Å². The van der Waals surface area contributed by atoms with Crippen LogP contribution in [-0.2, 0) is 0 Å². The molecule has 8 heteroatoms. The van der Waals surface area contributed by atoms with Gasteiger partial charge in [0.2, 0.25) is 0 Å². The van der Waals surface area contributed by atoms with Crippen LogP contribution in [0, 0.1) is 0 Å². The molecule has 0 bridgehead atoms. The Bertz CT molecular complexity index is 915. The molecule has 1 fully saturated rings. The van der Waals surface area contributed by atoms with E-state index in [1.54, 1.807) is 42.5 Å². The molecular weight excluding hydrogens is 474 g/mol. The van der Waals surface area contributed by atoms with Gasteiger partial charge in [-0.15, -0.1) is 0 Å².